The van der Waals surface area contributed by atoms with E-state index < -0.39 is 16.9 Å². The number of aliphatic carboxylic acids is 1. The van der Waals surface area contributed by atoms with Gasteiger partial charge in [-0.2, -0.15) is 0 Å². The standard InChI is InChI=1S/C16H20N2O3/c17-12-5-3-11(4-6-12)15(9-10-15)13(19)18-16(14(20)21)7-1-2-8-16/h3-6H,1-2,7-10,17H2,(H,18,19)(H,20,21). The predicted molar refractivity (Wildman–Crippen MR) is 78.7 cm³/mol. The third-order valence-electron chi connectivity index (χ3n) is 4.87. The number of nitrogens with one attached hydrogen (secondary N) is 1. The zero-order valence-electron chi connectivity index (χ0n) is 11.9. The highest BCUT2D eigenvalue weighted by molar-refractivity contribution is 5.95. The number of carbonyl (C=O) groups excluding carboxylic acids is 1. The Kier molecular flexibility index (Phi) is 3.15. The van der Waals surface area contributed by atoms with Crippen LogP contribution in [0.25, 0.3) is 0 Å². The molecule has 0 radical (unpaired) electrons. The zero-order valence-corrected chi connectivity index (χ0v) is 11.9. The molecule has 21 heavy (non-hydrogen) atoms. The first-order valence-corrected chi connectivity index (χ1v) is 7.41. The Morgan fingerprint density at radius 1 is 1.05 bits per heavy atom. The van der Waals surface area contributed by atoms with Gasteiger partial charge in [0.2, 0.25) is 5.91 Å². The van der Waals surface area contributed by atoms with Crippen molar-refractivity contribution in [3.63, 3.8) is 0 Å². The molecule has 112 valence electrons. The first-order valence-electron chi connectivity index (χ1n) is 7.41. The topological polar surface area (TPSA) is 92.4 Å². The second kappa shape index (κ2) is 4.76. The summed E-state index contributed by atoms with van der Waals surface area (Å²) >= 11 is 0. The van der Waals surface area contributed by atoms with Crippen LogP contribution in [0.3, 0.4) is 0 Å². The van der Waals surface area contributed by atoms with Gasteiger partial charge in [-0.1, -0.05) is 25.0 Å². The molecule has 0 saturated heterocycles. The highest BCUT2D eigenvalue weighted by Crippen LogP contribution is 2.49. The fourth-order valence-electron chi connectivity index (χ4n) is 3.28. The quantitative estimate of drug-likeness (QED) is 0.737. The van der Waals surface area contributed by atoms with Gasteiger partial charge in [0.15, 0.2) is 0 Å². The maximum Gasteiger partial charge on any atom is 0.329 e. The van der Waals surface area contributed by atoms with E-state index in [9.17, 15) is 14.7 Å². The molecule has 1 aromatic carbocycles. The number of rotatable bonds is 4. The Labute approximate surface area is 123 Å². The second-order valence-electron chi connectivity index (χ2n) is 6.25. The summed E-state index contributed by atoms with van der Waals surface area (Å²) in [7, 11) is 0. The van der Waals surface area contributed by atoms with Crippen LogP contribution in [0.5, 0.6) is 0 Å². The van der Waals surface area contributed by atoms with E-state index in [0.717, 1.165) is 31.2 Å². The number of carbonyl (C=O) groups is 2. The van der Waals surface area contributed by atoms with Crippen molar-refractivity contribution in [3.05, 3.63) is 29.8 Å². The van der Waals surface area contributed by atoms with Gasteiger partial charge < -0.3 is 16.2 Å². The molecule has 0 atom stereocenters. The number of amides is 1. The molecule has 0 spiro atoms. The minimum atomic E-state index is -1.07. The monoisotopic (exact) mass is 288 g/mol. The molecule has 1 aromatic rings. The lowest BCUT2D eigenvalue weighted by molar-refractivity contribution is -0.147. The third kappa shape index (κ3) is 2.26. The SMILES string of the molecule is Nc1ccc(C2(C(=O)NC3(C(=O)O)CCCC3)CC2)cc1. The van der Waals surface area contributed by atoms with Crippen molar-refractivity contribution in [1.82, 2.24) is 5.32 Å². The summed E-state index contributed by atoms with van der Waals surface area (Å²) in [4.78, 5) is 24.2. The lowest BCUT2D eigenvalue weighted by Crippen LogP contribution is -2.55. The van der Waals surface area contributed by atoms with E-state index in [1.807, 2.05) is 12.1 Å². The molecule has 2 aliphatic carbocycles. The van der Waals surface area contributed by atoms with E-state index >= 15 is 0 Å². The van der Waals surface area contributed by atoms with Crippen molar-refractivity contribution < 1.29 is 14.7 Å². The lowest BCUT2D eigenvalue weighted by atomic mass is 9.91. The molecular weight excluding hydrogens is 268 g/mol. The summed E-state index contributed by atoms with van der Waals surface area (Å²) in [6.07, 6.45) is 4.26. The lowest BCUT2D eigenvalue weighted by Gasteiger charge is -2.28. The van der Waals surface area contributed by atoms with Crippen molar-refractivity contribution in [1.29, 1.82) is 0 Å². The molecule has 5 heteroatoms. The molecule has 3 rings (SSSR count). The van der Waals surface area contributed by atoms with Crippen LogP contribution in [0.4, 0.5) is 5.69 Å². The van der Waals surface area contributed by atoms with Gasteiger partial charge in [-0.15, -0.1) is 0 Å². The van der Waals surface area contributed by atoms with E-state index in [1.165, 1.54) is 0 Å². The number of carboxylic acid groups (broad SMARTS) is 1. The van der Waals surface area contributed by atoms with Gasteiger partial charge in [-0.05, 0) is 43.4 Å². The van der Waals surface area contributed by atoms with Gasteiger partial charge in [-0.3, -0.25) is 4.79 Å². The highest BCUT2D eigenvalue weighted by atomic mass is 16.4. The smallest absolute Gasteiger partial charge is 0.329 e. The number of benzene rings is 1. The summed E-state index contributed by atoms with van der Waals surface area (Å²) in [5, 5.41) is 12.3. The number of hydrogen-bond acceptors (Lipinski definition) is 3. The Hall–Kier alpha value is -2.04. The van der Waals surface area contributed by atoms with Crippen LogP contribution in [-0.4, -0.2) is 22.5 Å². The Morgan fingerprint density at radius 2 is 1.62 bits per heavy atom. The molecule has 4 N–H and O–H groups in total. The largest absolute Gasteiger partial charge is 0.480 e. The van der Waals surface area contributed by atoms with E-state index in [0.29, 0.717) is 18.5 Å². The summed E-state index contributed by atoms with van der Waals surface area (Å²) in [6, 6.07) is 7.30. The Bertz CT molecular complexity index is 570. The Balaban J connectivity index is 1.82. The average molecular weight is 288 g/mol. The molecule has 2 aliphatic rings. The van der Waals surface area contributed by atoms with Gasteiger partial charge in [-0.25, -0.2) is 4.79 Å². The highest BCUT2D eigenvalue weighted by Gasteiger charge is 2.54. The third-order valence-corrected chi connectivity index (χ3v) is 4.87. The number of hydrogen-bond donors (Lipinski definition) is 3. The molecule has 0 aromatic heterocycles. The van der Waals surface area contributed by atoms with Gasteiger partial charge in [0.05, 0.1) is 5.41 Å². The van der Waals surface area contributed by atoms with Crippen molar-refractivity contribution >= 4 is 17.6 Å². The minimum Gasteiger partial charge on any atom is -0.480 e. The van der Waals surface area contributed by atoms with Crippen LogP contribution in [0.1, 0.15) is 44.1 Å². The molecule has 0 bridgehead atoms. The molecule has 1 amide bonds. The van der Waals surface area contributed by atoms with Crippen LogP contribution in [0.2, 0.25) is 0 Å². The van der Waals surface area contributed by atoms with E-state index in [-0.39, 0.29) is 5.91 Å². The van der Waals surface area contributed by atoms with Gasteiger partial charge >= 0.3 is 5.97 Å². The number of anilines is 1. The van der Waals surface area contributed by atoms with Gasteiger partial charge in [0, 0.05) is 5.69 Å². The van der Waals surface area contributed by atoms with Crippen LogP contribution >= 0.6 is 0 Å². The molecule has 0 aliphatic heterocycles. The Morgan fingerprint density at radius 3 is 2.10 bits per heavy atom. The average Bonchev–Trinajstić information content (AvgIpc) is 3.13. The number of nitrogens with two attached hydrogens (primary N) is 1. The molecule has 0 heterocycles. The van der Waals surface area contributed by atoms with E-state index in [1.54, 1.807) is 12.1 Å². The van der Waals surface area contributed by atoms with Gasteiger partial charge in [0.25, 0.3) is 0 Å². The second-order valence-corrected chi connectivity index (χ2v) is 6.25. The zero-order chi connectivity index (χ0) is 15.1. The molecule has 5 nitrogen and oxygen atoms in total. The van der Waals surface area contributed by atoms with Crippen LogP contribution in [0, 0.1) is 0 Å². The van der Waals surface area contributed by atoms with Crippen LogP contribution in [-0.2, 0) is 15.0 Å². The fourth-order valence-corrected chi connectivity index (χ4v) is 3.28. The maximum atomic E-state index is 12.7. The summed E-state index contributed by atoms with van der Waals surface area (Å²) in [5.74, 6) is -1.07. The van der Waals surface area contributed by atoms with E-state index in [2.05, 4.69) is 5.32 Å². The van der Waals surface area contributed by atoms with Gasteiger partial charge in [0.1, 0.15) is 5.54 Å². The first kappa shape index (κ1) is 13.9. The summed E-state index contributed by atoms with van der Waals surface area (Å²) in [6.45, 7) is 0. The fraction of sp³-hybridized carbons (Fsp3) is 0.500. The van der Waals surface area contributed by atoms with Crippen molar-refractivity contribution in [2.45, 2.75) is 49.5 Å². The number of nitrogen functional groups attached to an aromatic ring is 1. The predicted octanol–water partition coefficient (Wildman–Crippen LogP) is 1.81. The van der Waals surface area contributed by atoms with E-state index in [4.69, 9.17) is 5.73 Å². The minimum absolute atomic E-state index is 0.156. The molecule has 2 saturated carbocycles. The number of carboxylic acids is 1. The summed E-state index contributed by atoms with van der Waals surface area (Å²) in [5.41, 5.74) is 5.64. The van der Waals surface area contributed by atoms with Crippen molar-refractivity contribution in [3.8, 4) is 0 Å². The normalized spacial score (nSPS) is 21.7. The first-order chi connectivity index (χ1) is 9.98. The molecule has 2 fully saturated rings. The van der Waals surface area contributed by atoms with Crippen LogP contribution < -0.4 is 11.1 Å². The van der Waals surface area contributed by atoms with Crippen molar-refractivity contribution in [2.24, 2.45) is 0 Å². The summed E-state index contributed by atoms with van der Waals surface area (Å²) < 4.78 is 0. The molecule has 0 unspecified atom stereocenters. The van der Waals surface area contributed by atoms with Crippen LogP contribution in [0.15, 0.2) is 24.3 Å². The maximum absolute atomic E-state index is 12.7. The van der Waals surface area contributed by atoms with Crippen molar-refractivity contribution in [2.75, 3.05) is 5.73 Å². The molecular formula is C16H20N2O3.